The van der Waals surface area contributed by atoms with Crippen molar-refractivity contribution in [1.82, 2.24) is 14.5 Å². The zero-order valence-corrected chi connectivity index (χ0v) is 18.4. The van der Waals surface area contributed by atoms with Crippen LogP contribution in [-0.4, -0.2) is 27.4 Å². The summed E-state index contributed by atoms with van der Waals surface area (Å²) in [6.45, 7) is -0.0738. The van der Waals surface area contributed by atoms with E-state index < -0.39 is 0 Å². The molecule has 1 aliphatic carbocycles. The number of likely N-dealkylation sites (N-methyl/N-ethyl adjacent to an activating group) is 1. The van der Waals surface area contributed by atoms with Crippen LogP contribution < -0.4 is 5.56 Å². The van der Waals surface area contributed by atoms with Crippen LogP contribution in [0.15, 0.2) is 65.0 Å². The highest BCUT2D eigenvalue weighted by Crippen LogP contribution is 2.34. The minimum absolute atomic E-state index is 0.00997. The van der Waals surface area contributed by atoms with E-state index in [0.717, 1.165) is 24.8 Å². The lowest BCUT2D eigenvalue weighted by Crippen LogP contribution is -2.37. The zero-order chi connectivity index (χ0) is 22.2. The van der Waals surface area contributed by atoms with Crippen molar-refractivity contribution in [1.29, 1.82) is 0 Å². The van der Waals surface area contributed by atoms with Crippen molar-refractivity contribution in [3.05, 3.63) is 87.5 Å². The summed E-state index contributed by atoms with van der Waals surface area (Å²) >= 11 is 1.36. The molecule has 0 unspecified atom stereocenters. The van der Waals surface area contributed by atoms with E-state index >= 15 is 0 Å². The fraction of sp³-hybridized carbons (Fsp3) is 0.240. The fourth-order valence-electron chi connectivity index (χ4n) is 4.48. The summed E-state index contributed by atoms with van der Waals surface area (Å²) in [5.74, 6) is -0.463. The van der Waals surface area contributed by atoms with E-state index in [-0.39, 0.29) is 29.9 Å². The number of carbonyl (C=O) groups excluding carboxylic acids is 1. The van der Waals surface area contributed by atoms with Crippen LogP contribution in [0.1, 0.15) is 30.0 Å². The van der Waals surface area contributed by atoms with Crippen LogP contribution in [0.25, 0.3) is 21.3 Å². The number of benzene rings is 2. The van der Waals surface area contributed by atoms with Crippen molar-refractivity contribution in [2.24, 2.45) is 0 Å². The van der Waals surface area contributed by atoms with Crippen molar-refractivity contribution in [3.8, 4) is 11.1 Å². The van der Waals surface area contributed by atoms with Crippen molar-refractivity contribution in [2.75, 3.05) is 7.05 Å². The quantitative estimate of drug-likeness (QED) is 0.452. The molecule has 0 radical (unpaired) electrons. The van der Waals surface area contributed by atoms with Gasteiger partial charge < -0.3 is 4.90 Å². The monoisotopic (exact) mass is 447 g/mol. The Morgan fingerprint density at radius 1 is 1.22 bits per heavy atom. The molecule has 0 aliphatic heterocycles. The van der Waals surface area contributed by atoms with Crippen LogP contribution in [0.3, 0.4) is 0 Å². The molecule has 162 valence electrons. The molecule has 5 rings (SSSR count). The standard InChI is InChI=1S/C25H22FN3O2S/c1-28(21-8-4-6-16-5-2-3-7-19(16)21)22(30)13-29-15-27-24-23(25(29)31)20(14-32-24)17-9-11-18(26)12-10-17/h2-3,5,7,9-12,14-15,21H,4,6,8,13H2,1H3/t21-/m1/s1. The third-order valence-electron chi connectivity index (χ3n) is 6.22. The minimum Gasteiger partial charge on any atom is -0.337 e. The number of hydrogen-bond acceptors (Lipinski definition) is 4. The molecule has 0 bridgehead atoms. The van der Waals surface area contributed by atoms with E-state index in [2.05, 4.69) is 17.1 Å². The van der Waals surface area contributed by atoms with Crippen LogP contribution in [0, 0.1) is 5.82 Å². The highest BCUT2D eigenvalue weighted by atomic mass is 32.1. The van der Waals surface area contributed by atoms with Gasteiger partial charge in [-0.05, 0) is 48.1 Å². The first-order valence-electron chi connectivity index (χ1n) is 10.6. The molecule has 2 aromatic carbocycles. The Kier molecular flexibility index (Phi) is 5.35. The first kappa shape index (κ1) is 20.6. The third kappa shape index (κ3) is 3.62. The van der Waals surface area contributed by atoms with E-state index in [4.69, 9.17) is 0 Å². The first-order chi connectivity index (χ1) is 15.5. The van der Waals surface area contributed by atoms with Crippen molar-refractivity contribution in [2.45, 2.75) is 31.8 Å². The molecule has 2 aromatic heterocycles. The van der Waals surface area contributed by atoms with Crippen LogP contribution in [0.2, 0.25) is 0 Å². The molecular weight excluding hydrogens is 425 g/mol. The van der Waals surface area contributed by atoms with Gasteiger partial charge in [0.15, 0.2) is 0 Å². The Morgan fingerprint density at radius 3 is 2.81 bits per heavy atom. The van der Waals surface area contributed by atoms with Crippen molar-refractivity contribution >= 4 is 27.5 Å². The molecule has 1 amide bonds. The Morgan fingerprint density at radius 2 is 2.00 bits per heavy atom. The molecule has 7 heteroatoms. The molecule has 0 saturated carbocycles. The molecule has 1 atom stereocenters. The third-order valence-corrected chi connectivity index (χ3v) is 7.11. The lowest BCUT2D eigenvalue weighted by atomic mass is 9.87. The van der Waals surface area contributed by atoms with Crippen LogP contribution in [0.5, 0.6) is 0 Å². The van der Waals surface area contributed by atoms with Gasteiger partial charge in [0.25, 0.3) is 5.56 Å². The Bertz CT molecular complexity index is 1360. The number of aromatic nitrogens is 2. The summed E-state index contributed by atoms with van der Waals surface area (Å²) in [5.41, 5.74) is 3.66. The summed E-state index contributed by atoms with van der Waals surface area (Å²) < 4.78 is 14.7. The normalized spacial score (nSPS) is 15.5. The maximum Gasteiger partial charge on any atom is 0.263 e. The number of rotatable bonds is 4. The SMILES string of the molecule is CN(C(=O)Cn1cnc2scc(-c3ccc(F)cc3)c2c1=O)[C@@H]1CCCc2ccccc21. The number of thiophene rings is 1. The molecule has 1 aliphatic rings. The van der Waals surface area contributed by atoms with E-state index in [1.165, 1.54) is 45.5 Å². The number of carbonyl (C=O) groups is 1. The molecule has 0 saturated heterocycles. The maximum absolute atomic E-state index is 13.3. The molecule has 2 heterocycles. The lowest BCUT2D eigenvalue weighted by Gasteiger charge is -2.33. The van der Waals surface area contributed by atoms with E-state index in [9.17, 15) is 14.0 Å². The summed E-state index contributed by atoms with van der Waals surface area (Å²) in [6.07, 6.45) is 4.41. The van der Waals surface area contributed by atoms with Crippen LogP contribution >= 0.6 is 11.3 Å². The maximum atomic E-state index is 13.3. The van der Waals surface area contributed by atoms with Gasteiger partial charge >= 0.3 is 0 Å². The second-order valence-corrected chi connectivity index (χ2v) is 8.98. The van der Waals surface area contributed by atoms with E-state index in [1.807, 2.05) is 17.5 Å². The highest BCUT2D eigenvalue weighted by molar-refractivity contribution is 7.17. The molecule has 32 heavy (non-hydrogen) atoms. The van der Waals surface area contributed by atoms with Gasteiger partial charge in [-0.25, -0.2) is 9.37 Å². The van der Waals surface area contributed by atoms with Gasteiger partial charge in [-0.2, -0.15) is 0 Å². The number of fused-ring (bicyclic) bond motifs is 2. The van der Waals surface area contributed by atoms with Gasteiger partial charge in [0.1, 0.15) is 17.2 Å². The van der Waals surface area contributed by atoms with Gasteiger partial charge in [-0.3, -0.25) is 14.2 Å². The molecule has 4 aromatic rings. The predicted molar refractivity (Wildman–Crippen MR) is 124 cm³/mol. The van der Waals surface area contributed by atoms with Gasteiger partial charge in [-0.1, -0.05) is 36.4 Å². The molecular formula is C25H22FN3O2S. The summed E-state index contributed by atoms with van der Waals surface area (Å²) in [6, 6.07) is 14.3. The highest BCUT2D eigenvalue weighted by Gasteiger charge is 2.27. The van der Waals surface area contributed by atoms with Gasteiger partial charge in [0.2, 0.25) is 5.91 Å². The Balaban J connectivity index is 1.45. The lowest BCUT2D eigenvalue weighted by molar-refractivity contribution is -0.133. The van der Waals surface area contributed by atoms with Gasteiger partial charge in [0.05, 0.1) is 17.8 Å². The predicted octanol–water partition coefficient (Wildman–Crippen LogP) is 4.80. The second kappa shape index (κ2) is 8.31. The Labute approximate surface area is 188 Å². The summed E-state index contributed by atoms with van der Waals surface area (Å²) in [5, 5.41) is 2.31. The zero-order valence-electron chi connectivity index (χ0n) is 17.6. The second-order valence-electron chi connectivity index (χ2n) is 8.13. The van der Waals surface area contributed by atoms with E-state index in [0.29, 0.717) is 15.8 Å². The topological polar surface area (TPSA) is 55.2 Å². The minimum atomic E-state index is -0.332. The number of nitrogens with zero attached hydrogens (tertiary/aromatic N) is 3. The molecule has 0 N–H and O–H groups in total. The molecule has 5 nitrogen and oxygen atoms in total. The number of amides is 1. The smallest absolute Gasteiger partial charge is 0.263 e. The van der Waals surface area contributed by atoms with Crippen LogP contribution in [-0.2, 0) is 17.8 Å². The number of aryl methyl sites for hydroxylation is 1. The average Bonchev–Trinajstić information content (AvgIpc) is 3.25. The molecule has 0 fully saturated rings. The average molecular weight is 448 g/mol. The van der Waals surface area contributed by atoms with Gasteiger partial charge in [-0.15, -0.1) is 11.3 Å². The summed E-state index contributed by atoms with van der Waals surface area (Å²) in [4.78, 5) is 33.2. The first-order valence-corrected chi connectivity index (χ1v) is 11.5. The number of hydrogen-bond donors (Lipinski definition) is 0. The molecule has 0 spiro atoms. The number of halogens is 1. The fourth-order valence-corrected chi connectivity index (χ4v) is 5.39. The van der Waals surface area contributed by atoms with Crippen molar-refractivity contribution < 1.29 is 9.18 Å². The Hall–Kier alpha value is -3.32. The van der Waals surface area contributed by atoms with E-state index in [1.54, 1.807) is 24.1 Å². The summed E-state index contributed by atoms with van der Waals surface area (Å²) in [7, 11) is 1.81. The van der Waals surface area contributed by atoms with Crippen molar-refractivity contribution in [3.63, 3.8) is 0 Å². The van der Waals surface area contributed by atoms with Gasteiger partial charge in [0, 0.05) is 18.0 Å². The van der Waals surface area contributed by atoms with Crippen LogP contribution in [0.4, 0.5) is 4.39 Å². The largest absolute Gasteiger partial charge is 0.337 e.